The van der Waals surface area contributed by atoms with E-state index in [4.69, 9.17) is 26.8 Å². The maximum absolute atomic E-state index is 13.3. The zero-order chi connectivity index (χ0) is 14.5. The van der Waals surface area contributed by atoms with E-state index in [1.807, 2.05) is 6.07 Å². The average molecular weight is 296 g/mol. The Bertz CT molecular complexity index is 604. The molecule has 0 bridgehead atoms. The standard InChI is InChI=1S/C15H15ClFNO2/c1-19-12-5-6-14(11(7-12)8-18)20-9-10-3-2-4-13(17)15(10)16/h2-7H,8-9,18H2,1H3. The van der Waals surface area contributed by atoms with E-state index in [1.165, 1.54) is 6.07 Å². The second-order valence-corrected chi connectivity index (χ2v) is 4.56. The van der Waals surface area contributed by atoms with Crippen molar-refractivity contribution in [1.82, 2.24) is 0 Å². The monoisotopic (exact) mass is 295 g/mol. The van der Waals surface area contributed by atoms with Crippen LogP contribution in [0.15, 0.2) is 36.4 Å². The summed E-state index contributed by atoms with van der Waals surface area (Å²) in [4.78, 5) is 0. The minimum atomic E-state index is -0.457. The molecule has 0 aliphatic heterocycles. The van der Waals surface area contributed by atoms with Crippen LogP contribution in [0, 0.1) is 5.82 Å². The molecule has 2 N–H and O–H groups in total. The molecule has 0 amide bonds. The van der Waals surface area contributed by atoms with Crippen molar-refractivity contribution in [2.45, 2.75) is 13.2 Å². The molecule has 0 spiro atoms. The van der Waals surface area contributed by atoms with E-state index >= 15 is 0 Å². The molecule has 0 heterocycles. The van der Waals surface area contributed by atoms with Crippen LogP contribution in [0.1, 0.15) is 11.1 Å². The van der Waals surface area contributed by atoms with Gasteiger partial charge in [0.2, 0.25) is 0 Å². The van der Waals surface area contributed by atoms with Crippen molar-refractivity contribution in [1.29, 1.82) is 0 Å². The van der Waals surface area contributed by atoms with Crippen LogP contribution >= 0.6 is 11.6 Å². The predicted molar refractivity (Wildman–Crippen MR) is 76.6 cm³/mol. The number of nitrogens with two attached hydrogens (primary N) is 1. The first-order valence-corrected chi connectivity index (χ1v) is 6.46. The summed E-state index contributed by atoms with van der Waals surface area (Å²) in [7, 11) is 1.59. The second-order valence-electron chi connectivity index (χ2n) is 4.18. The Balaban J connectivity index is 2.16. The van der Waals surface area contributed by atoms with Gasteiger partial charge in [-0.1, -0.05) is 23.7 Å². The molecule has 3 nitrogen and oxygen atoms in total. The molecule has 2 rings (SSSR count). The van der Waals surface area contributed by atoms with Crippen molar-refractivity contribution >= 4 is 11.6 Å². The van der Waals surface area contributed by atoms with E-state index in [9.17, 15) is 4.39 Å². The number of methoxy groups -OCH3 is 1. The van der Waals surface area contributed by atoms with Crippen molar-refractivity contribution in [2.24, 2.45) is 5.73 Å². The molecular weight excluding hydrogens is 281 g/mol. The van der Waals surface area contributed by atoms with Crippen molar-refractivity contribution in [3.8, 4) is 11.5 Å². The maximum Gasteiger partial charge on any atom is 0.142 e. The van der Waals surface area contributed by atoms with Crippen LogP contribution in [0.5, 0.6) is 11.5 Å². The van der Waals surface area contributed by atoms with Gasteiger partial charge in [-0.2, -0.15) is 0 Å². The summed E-state index contributed by atoms with van der Waals surface area (Å²) < 4.78 is 24.1. The molecule has 5 heteroatoms. The van der Waals surface area contributed by atoms with E-state index < -0.39 is 5.82 Å². The fourth-order valence-corrected chi connectivity index (χ4v) is 1.98. The minimum absolute atomic E-state index is 0.0790. The van der Waals surface area contributed by atoms with Gasteiger partial charge in [0.25, 0.3) is 0 Å². The van der Waals surface area contributed by atoms with Gasteiger partial charge in [0.15, 0.2) is 0 Å². The van der Waals surface area contributed by atoms with Gasteiger partial charge in [0, 0.05) is 17.7 Å². The van der Waals surface area contributed by atoms with Crippen LogP contribution in [-0.4, -0.2) is 7.11 Å². The van der Waals surface area contributed by atoms with Crippen LogP contribution in [0.25, 0.3) is 0 Å². The van der Waals surface area contributed by atoms with Crippen LogP contribution in [0.3, 0.4) is 0 Å². The number of hydrogen-bond donors (Lipinski definition) is 1. The Morgan fingerprint density at radius 2 is 2.00 bits per heavy atom. The van der Waals surface area contributed by atoms with E-state index in [-0.39, 0.29) is 11.6 Å². The zero-order valence-electron chi connectivity index (χ0n) is 11.0. The molecule has 0 saturated heterocycles. The Labute approximate surface area is 122 Å². The zero-order valence-corrected chi connectivity index (χ0v) is 11.8. The summed E-state index contributed by atoms with van der Waals surface area (Å²) in [5.41, 5.74) is 7.08. The normalized spacial score (nSPS) is 10.4. The highest BCUT2D eigenvalue weighted by Crippen LogP contribution is 2.26. The third kappa shape index (κ3) is 3.21. The van der Waals surface area contributed by atoms with Crippen molar-refractivity contribution in [3.63, 3.8) is 0 Å². The van der Waals surface area contributed by atoms with Crippen LogP contribution in [0.4, 0.5) is 4.39 Å². The van der Waals surface area contributed by atoms with E-state index in [0.29, 0.717) is 23.6 Å². The van der Waals surface area contributed by atoms with Gasteiger partial charge in [-0.05, 0) is 24.3 Å². The number of ether oxygens (including phenoxy) is 2. The number of hydrogen-bond acceptors (Lipinski definition) is 3. The lowest BCUT2D eigenvalue weighted by Crippen LogP contribution is -2.04. The fourth-order valence-electron chi connectivity index (χ4n) is 1.80. The molecule has 0 aliphatic carbocycles. The molecule has 0 aromatic heterocycles. The molecule has 0 radical (unpaired) electrons. The molecule has 20 heavy (non-hydrogen) atoms. The van der Waals surface area contributed by atoms with E-state index in [2.05, 4.69) is 0 Å². The molecule has 0 fully saturated rings. The van der Waals surface area contributed by atoms with E-state index in [1.54, 1.807) is 31.4 Å². The second kappa shape index (κ2) is 6.59. The smallest absolute Gasteiger partial charge is 0.142 e. The Morgan fingerprint density at radius 3 is 2.70 bits per heavy atom. The Kier molecular flexibility index (Phi) is 4.82. The first kappa shape index (κ1) is 14.6. The highest BCUT2D eigenvalue weighted by Gasteiger charge is 2.08. The first-order chi connectivity index (χ1) is 9.65. The third-order valence-corrected chi connectivity index (χ3v) is 3.33. The van der Waals surface area contributed by atoms with Crippen molar-refractivity contribution < 1.29 is 13.9 Å². The van der Waals surface area contributed by atoms with Gasteiger partial charge in [-0.15, -0.1) is 0 Å². The van der Waals surface area contributed by atoms with Gasteiger partial charge < -0.3 is 15.2 Å². The first-order valence-electron chi connectivity index (χ1n) is 6.08. The molecule has 2 aromatic carbocycles. The molecule has 0 atom stereocenters. The third-order valence-electron chi connectivity index (χ3n) is 2.90. The topological polar surface area (TPSA) is 44.5 Å². The highest BCUT2D eigenvalue weighted by molar-refractivity contribution is 6.31. The molecular formula is C15H15ClFNO2. The molecule has 106 valence electrons. The lowest BCUT2D eigenvalue weighted by Gasteiger charge is -2.12. The van der Waals surface area contributed by atoms with Crippen LogP contribution < -0.4 is 15.2 Å². The molecule has 0 saturated carbocycles. The number of benzene rings is 2. The molecule has 0 unspecified atom stereocenters. The van der Waals surface area contributed by atoms with Crippen molar-refractivity contribution in [2.75, 3.05) is 7.11 Å². The number of halogens is 2. The van der Waals surface area contributed by atoms with Gasteiger partial charge in [-0.3, -0.25) is 0 Å². The lowest BCUT2D eigenvalue weighted by atomic mass is 10.2. The molecule has 2 aromatic rings. The van der Waals surface area contributed by atoms with Crippen LogP contribution in [0.2, 0.25) is 5.02 Å². The summed E-state index contributed by atoms with van der Waals surface area (Å²) in [5, 5.41) is 0.0790. The maximum atomic E-state index is 13.3. The quantitative estimate of drug-likeness (QED) is 0.918. The van der Waals surface area contributed by atoms with Gasteiger partial charge in [0.1, 0.15) is 23.9 Å². The minimum Gasteiger partial charge on any atom is -0.497 e. The highest BCUT2D eigenvalue weighted by atomic mass is 35.5. The summed E-state index contributed by atoms with van der Waals surface area (Å²) in [6.45, 7) is 0.499. The van der Waals surface area contributed by atoms with Crippen molar-refractivity contribution in [3.05, 3.63) is 58.4 Å². The summed E-state index contributed by atoms with van der Waals surface area (Å²) in [6, 6.07) is 9.98. The fraction of sp³-hybridized carbons (Fsp3) is 0.200. The lowest BCUT2D eigenvalue weighted by molar-refractivity contribution is 0.301. The number of rotatable bonds is 5. The summed E-state index contributed by atoms with van der Waals surface area (Å²) in [6.07, 6.45) is 0. The van der Waals surface area contributed by atoms with Gasteiger partial charge in [0.05, 0.1) is 12.1 Å². The summed E-state index contributed by atoms with van der Waals surface area (Å²) >= 11 is 5.88. The summed E-state index contributed by atoms with van der Waals surface area (Å²) in [5.74, 6) is 0.886. The molecule has 0 aliphatic rings. The average Bonchev–Trinajstić information content (AvgIpc) is 2.48. The SMILES string of the molecule is COc1ccc(OCc2cccc(F)c2Cl)c(CN)c1. The van der Waals surface area contributed by atoms with E-state index in [0.717, 1.165) is 5.56 Å². The van der Waals surface area contributed by atoms with Crippen LogP contribution in [-0.2, 0) is 13.2 Å². The largest absolute Gasteiger partial charge is 0.497 e. The predicted octanol–water partition coefficient (Wildman–Crippen LogP) is 3.53. The van der Waals surface area contributed by atoms with Gasteiger partial charge >= 0.3 is 0 Å². The Morgan fingerprint density at radius 1 is 1.20 bits per heavy atom. The Hall–Kier alpha value is -1.78. The van der Waals surface area contributed by atoms with Gasteiger partial charge in [-0.25, -0.2) is 4.39 Å².